The molecule has 3 rings (SSSR count). The number of esters is 1. The summed E-state index contributed by atoms with van der Waals surface area (Å²) >= 11 is 1.43. The number of pyridine rings is 1. The molecular weight excluding hydrogens is 452 g/mol. The predicted octanol–water partition coefficient (Wildman–Crippen LogP) is 6.16. The third-order valence-corrected chi connectivity index (χ3v) is 6.12. The quantitative estimate of drug-likeness (QED) is 0.391. The maximum atomic E-state index is 13.2. The molecular formula is C26H30N2O5S. The molecule has 34 heavy (non-hydrogen) atoms. The van der Waals surface area contributed by atoms with Crippen LogP contribution in [0, 0.1) is 13.8 Å². The maximum absolute atomic E-state index is 13.2. The summed E-state index contributed by atoms with van der Waals surface area (Å²) in [7, 11) is 2.98. The fourth-order valence-electron chi connectivity index (χ4n) is 3.55. The Bertz CT molecular complexity index is 1200. The first kappa shape index (κ1) is 25.2. The first-order valence-corrected chi connectivity index (χ1v) is 11.7. The predicted molar refractivity (Wildman–Crippen MR) is 134 cm³/mol. The fraction of sp³-hybridized carbons (Fsp3) is 0.346. The van der Waals surface area contributed by atoms with E-state index in [1.54, 1.807) is 30.3 Å². The number of nitrogens with zero attached hydrogens (tertiary/aromatic N) is 2. The molecule has 2 heterocycles. The standard InChI is InChI=1S/C26H30N2O5S/c1-16-13-27-21(17(2)23(16)31-6)14-28(25(30)33-26(3,4)5)18-12-22(34-15-18)19-10-8-9-11-20(19)24(29)32-7/h8-13,15H,14H2,1-7H3. The van der Waals surface area contributed by atoms with Gasteiger partial charge in [-0.1, -0.05) is 18.2 Å². The highest BCUT2D eigenvalue weighted by Crippen LogP contribution is 2.36. The number of thiophene rings is 1. The Morgan fingerprint density at radius 3 is 2.47 bits per heavy atom. The van der Waals surface area contributed by atoms with Crippen molar-refractivity contribution in [3.8, 4) is 16.2 Å². The molecule has 1 aromatic carbocycles. The van der Waals surface area contributed by atoms with E-state index in [0.29, 0.717) is 16.9 Å². The molecule has 8 heteroatoms. The number of carbonyl (C=O) groups excluding carboxylic acids is 2. The van der Waals surface area contributed by atoms with Crippen LogP contribution in [0.4, 0.5) is 10.5 Å². The second kappa shape index (κ2) is 10.3. The molecule has 0 aliphatic rings. The summed E-state index contributed by atoms with van der Waals surface area (Å²) in [6, 6.07) is 9.10. The van der Waals surface area contributed by atoms with Gasteiger partial charge in [-0.25, -0.2) is 9.59 Å². The van der Waals surface area contributed by atoms with Gasteiger partial charge in [-0.05, 0) is 46.8 Å². The third kappa shape index (κ3) is 5.56. The molecule has 0 aliphatic heterocycles. The minimum Gasteiger partial charge on any atom is -0.496 e. The van der Waals surface area contributed by atoms with Gasteiger partial charge in [-0.15, -0.1) is 11.3 Å². The van der Waals surface area contributed by atoms with Crippen molar-refractivity contribution >= 4 is 29.1 Å². The van der Waals surface area contributed by atoms with Gasteiger partial charge >= 0.3 is 12.1 Å². The SMILES string of the molecule is COC(=O)c1ccccc1-c1cc(N(Cc2ncc(C)c(OC)c2C)C(=O)OC(C)(C)C)cs1. The molecule has 1 amide bonds. The number of benzene rings is 1. The van der Waals surface area contributed by atoms with Gasteiger partial charge in [0.2, 0.25) is 0 Å². The topological polar surface area (TPSA) is 78.0 Å². The van der Waals surface area contributed by atoms with Crippen molar-refractivity contribution in [3.05, 3.63) is 64.3 Å². The molecule has 0 radical (unpaired) electrons. The summed E-state index contributed by atoms with van der Waals surface area (Å²) < 4.78 is 16.2. The number of ether oxygens (including phenoxy) is 3. The van der Waals surface area contributed by atoms with Crippen molar-refractivity contribution in [1.82, 2.24) is 4.98 Å². The Balaban J connectivity index is 2.04. The van der Waals surface area contributed by atoms with Crippen molar-refractivity contribution in [3.63, 3.8) is 0 Å². The molecule has 7 nitrogen and oxygen atoms in total. The molecule has 0 atom stereocenters. The molecule has 3 aromatic rings. The largest absolute Gasteiger partial charge is 0.496 e. The van der Waals surface area contributed by atoms with E-state index in [4.69, 9.17) is 14.2 Å². The van der Waals surface area contributed by atoms with E-state index in [1.165, 1.54) is 18.4 Å². The lowest BCUT2D eigenvalue weighted by molar-refractivity contribution is 0.0573. The van der Waals surface area contributed by atoms with Crippen LogP contribution in [-0.2, 0) is 16.0 Å². The number of hydrogen-bond acceptors (Lipinski definition) is 7. The zero-order valence-electron chi connectivity index (χ0n) is 20.6. The Labute approximate surface area is 204 Å². The Kier molecular flexibility index (Phi) is 7.61. The number of anilines is 1. The normalized spacial score (nSPS) is 11.1. The molecule has 0 fully saturated rings. The summed E-state index contributed by atoms with van der Waals surface area (Å²) in [5, 5.41) is 1.87. The lowest BCUT2D eigenvalue weighted by Crippen LogP contribution is -2.36. The van der Waals surface area contributed by atoms with Crippen LogP contribution in [0.25, 0.3) is 10.4 Å². The number of aryl methyl sites for hydroxylation is 1. The zero-order chi connectivity index (χ0) is 25.0. The van der Waals surface area contributed by atoms with Crippen molar-refractivity contribution in [1.29, 1.82) is 0 Å². The van der Waals surface area contributed by atoms with E-state index in [-0.39, 0.29) is 6.54 Å². The molecule has 0 aliphatic carbocycles. The number of aromatic nitrogens is 1. The molecule has 180 valence electrons. The second-order valence-corrected chi connectivity index (χ2v) is 9.73. The van der Waals surface area contributed by atoms with Gasteiger partial charge in [0.25, 0.3) is 0 Å². The minimum atomic E-state index is -0.668. The summed E-state index contributed by atoms with van der Waals surface area (Å²) in [5.41, 5.74) is 3.67. The van der Waals surface area contributed by atoms with E-state index in [0.717, 1.165) is 27.3 Å². The van der Waals surface area contributed by atoms with Crippen LogP contribution in [-0.4, -0.2) is 36.9 Å². The van der Waals surface area contributed by atoms with Crippen LogP contribution in [0.15, 0.2) is 41.9 Å². The summed E-state index contributed by atoms with van der Waals surface area (Å²) in [5.74, 6) is 0.327. The Morgan fingerprint density at radius 1 is 1.12 bits per heavy atom. The fourth-order valence-corrected chi connectivity index (χ4v) is 4.49. The van der Waals surface area contributed by atoms with Gasteiger partial charge < -0.3 is 14.2 Å². The average molecular weight is 483 g/mol. The minimum absolute atomic E-state index is 0.201. The lowest BCUT2D eigenvalue weighted by Gasteiger charge is -2.27. The second-order valence-electron chi connectivity index (χ2n) is 8.82. The molecule has 0 bridgehead atoms. The van der Waals surface area contributed by atoms with Gasteiger partial charge in [0.1, 0.15) is 11.4 Å². The molecule has 2 aromatic heterocycles. The molecule has 0 N–H and O–H groups in total. The van der Waals surface area contributed by atoms with Gasteiger partial charge in [0.05, 0.1) is 37.7 Å². The molecule has 0 saturated heterocycles. The number of carbonyl (C=O) groups is 2. The monoisotopic (exact) mass is 482 g/mol. The van der Waals surface area contributed by atoms with Gasteiger partial charge in [-0.3, -0.25) is 9.88 Å². The van der Waals surface area contributed by atoms with E-state index >= 15 is 0 Å². The van der Waals surface area contributed by atoms with Crippen molar-refractivity contribution in [2.75, 3.05) is 19.1 Å². The van der Waals surface area contributed by atoms with E-state index in [9.17, 15) is 9.59 Å². The van der Waals surface area contributed by atoms with Crippen LogP contribution in [0.5, 0.6) is 5.75 Å². The number of rotatable bonds is 6. The number of methoxy groups -OCH3 is 2. The number of hydrogen-bond donors (Lipinski definition) is 0. The summed E-state index contributed by atoms with van der Waals surface area (Å²) in [6.45, 7) is 9.53. The smallest absolute Gasteiger partial charge is 0.415 e. The Morgan fingerprint density at radius 2 is 1.82 bits per heavy atom. The lowest BCUT2D eigenvalue weighted by atomic mass is 10.1. The van der Waals surface area contributed by atoms with Crippen LogP contribution >= 0.6 is 11.3 Å². The van der Waals surface area contributed by atoms with E-state index < -0.39 is 17.7 Å². The van der Waals surface area contributed by atoms with Crippen LogP contribution in [0.3, 0.4) is 0 Å². The van der Waals surface area contributed by atoms with Gasteiger partial charge in [0, 0.05) is 33.1 Å². The Hall–Kier alpha value is -3.39. The zero-order valence-corrected chi connectivity index (χ0v) is 21.4. The maximum Gasteiger partial charge on any atom is 0.415 e. The van der Waals surface area contributed by atoms with Crippen LogP contribution in [0.2, 0.25) is 0 Å². The number of amides is 1. The van der Waals surface area contributed by atoms with Crippen LogP contribution < -0.4 is 9.64 Å². The van der Waals surface area contributed by atoms with Crippen LogP contribution in [0.1, 0.15) is 48.0 Å². The van der Waals surface area contributed by atoms with Gasteiger partial charge in [0.15, 0.2) is 0 Å². The van der Waals surface area contributed by atoms with Crippen molar-refractivity contribution in [2.24, 2.45) is 0 Å². The molecule has 0 unspecified atom stereocenters. The first-order chi connectivity index (χ1) is 16.1. The molecule has 0 spiro atoms. The molecule has 0 saturated carbocycles. The highest BCUT2D eigenvalue weighted by molar-refractivity contribution is 7.14. The highest BCUT2D eigenvalue weighted by atomic mass is 32.1. The first-order valence-electron chi connectivity index (χ1n) is 10.8. The average Bonchev–Trinajstić information content (AvgIpc) is 3.27. The summed E-state index contributed by atoms with van der Waals surface area (Å²) in [4.78, 5) is 32.4. The highest BCUT2D eigenvalue weighted by Gasteiger charge is 2.27. The third-order valence-electron chi connectivity index (χ3n) is 5.17. The summed E-state index contributed by atoms with van der Waals surface area (Å²) in [6.07, 6.45) is 1.25. The van der Waals surface area contributed by atoms with E-state index in [2.05, 4.69) is 4.98 Å². The van der Waals surface area contributed by atoms with Crippen molar-refractivity contribution < 1.29 is 23.8 Å². The van der Waals surface area contributed by atoms with Gasteiger partial charge in [-0.2, -0.15) is 0 Å². The van der Waals surface area contributed by atoms with Crippen molar-refractivity contribution in [2.45, 2.75) is 46.8 Å². The van der Waals surface area contributed by atoms with E-state index in [1.807, 2.05) is 58.2 Å².